The van der Waals surface area contributed by atoms with E-state index in [0.717, 1.165) is 16.9 Å². The van der Waals surface area contributed by atoms with E-state index in [2.05, 4.69) is 37.1 Å². The standard InChI is InChI=1S/C12H20N2O/c1-9-7-10(5-6-15)8-13-11(9)14-12(2,3)4/h7-8,15H,5-6H2,1-4H3,(H,13,14). The van der Waals surface area contributed by atoms with Crippen LogP contribution in [0.5, 0.6) is 0 Å². The predicted molar refractivity (Wildman–Crippen MR) is 63.1 cm³/mol. The first-order valence-electron chi connectivity index (χ1n) is 5.27. The number of aryl methyl sites for hydroxylation is 1. The Balaban J connectivity index is 2.84. The lowest BCUT2D eigenvalue weighted by molar-refractivity contribution is 0.299. The molecule has 0 radical (unpaired) electrons. The summed E-state index contributed by atoms with van der Waals surface area (Å²) in [5.74, 6) is 0.921. The van der Waals surface area contributed by atoms with Gasteiger partial charge in [-0.2, -0.15) is 0 Å². The van der Waals surface area contributed by atoms with Gasteiger partial charge in [-0.25, -0.2) is 4.98 Å². The van der Waals surface area contributed by atoms with Crippen LogP contribution in [0.2, 0.25) is 0 Å². The number of anilines is 1. The van der Waals surface area contributed by atoms with Gasteiger partial charge < -0.3 is 10.4 Å². The van der Waals surface area contributed by atoms with Crippen LogP contribution in [-0.2, 0) is 6.42 Å². The van der Waals surface area contributed by atoms with Gasteiger partial charge in [-0.05, 0) is 45.2 Å². The molecule has 0 unspecified atom stereocenters. The van der Waals surface area contributed by atoms with E-state index in [-0.39, 0.29) is 12.1 Å². The third-order valence-electron chi connectivity index (χ3n) is 2.03. The first kappa shape index (κ1) is 12.0. The molecule has 0 spiro atoms. The molecular weight excluding hydrogens is 188 g/mol. The van der Waals surface area contributed by atoms with E-state index in [1.165, 1.54) is 0 Å². The number of rotatable bonds is 3. The van der Waals surface area contributed by atoms with E-state index >= 15 is 0 Å². The van der Waals surface area contributed by atoms with Crippen LogP contribution in [0, 0.1) is 6.92 Å². The number of hydrogen-bond donors (Lipinski definition) is 2. The summed E-state index contributed by atoms with van der Waals surface area (Å²) in [6.45, 7) is 8.52. The van der Waals surface area contributed by atoms with Gasteiger partial charge in [0.2, 0.25) is 0 Å². The van der Waals surface area contributed by atoms with Gasteiger partial charge in [-0.15, -0.1) is 0 Å². The van der Waals surface area contributed by atoms with Crippen molar-refractivity contribution in [2.45, 2.75) is 39.7 Å². The van der Waals surface area contributed by atoms with Gasteiger partial charge in [0.25, 0.3) is 0 Å². The molecule has 0 aliphatic carbocycles. The summed E-state index contributed by atoms with van der Waals surface area (Å²) in [6, 6.07) is 2.07. The lowest BCUT2D eigenvalue weighted by Crippen LogP contribution is -2.27. The molecule has 0 atom stereocenters. The Kier molecular flexibility index (Phi) is 3.69. The van der Waals surface area contributed by atoms with Gasteiger partial charge in [-0.1, -0.05) is 6.07 Å². The highest BCUT2D eigenvalue weighted by Crippen LogP contribution is 2.17. The average Bonchev–Trinajstić information content (AvgIpc) is 2.08. The Hall–Kier alpha value is -1.09. The first-order valence-corrected chi connectivity index (χ1v) is 5.27. The van der Waals surface area contributed by atoms with Gasteiger partial charge in [0.1, 0.15) is 5.82 Å². The fourth-order valence-corrected chi connectivity index (χ4v) is 1.38. The molecule has 1 aromatic rings. The number of aromatic nitrogens is 1. The summed E-state index contributed by atoms with van der Waals surface area (Å²) in [4.78, 5) is 4.36. The summed E-state index contributed by atoms with van der Waals surface area (Å²) in [7, 11) is 0. The predicted octanol–water partition coefficient (Wildman–Crippen LogP) is 2.14. The zero-order valence-corrected chi connectivity index (χ0v) is 9.96. The maximum absolute atomic E-state index is 8.82. The lowest BCUT2D eigenvalue weighted by atomic mass is 10.1. The molecule has 0 aliphatic rings. The third-order valence-corrected chi connectivity index (χ3v) is 2.03. The molecule has 3 heteroatoms. The SMILES string of the molecule is Cc1cc(CCO)cnc1NC(C)(C)C. The Morgan fingerprint density at radius 2 is 2.07 bits per heavy atom. The fourth-order valence-electron chi connectivity index (χ4n) is 1.38. The molecule has 2 N–H and O–H groups in total. The van der Waals surface area contributed by atoms with Crippen LogP contribution in [0.3, 0.4) is 0 Å². The van der Waals surface area contributed by atoms with Gasteiger partial charge in [0.15, 0.2) is 0 Å². The van der Waals surface area contributed by atoms with E-state index in [0.29, 0.717) is 6.42 Å². The average molecular weight is 208 g/mol. The second kappa shape index (κ2) is 4.62. The van der Waals surface area contributed by atoms with Crippen LogP contribution in [0.15, 0.2) is 12.3 Å². The van der Waals surface area contributed by atoms with Crippen molar-refractivity contribution >= 4 is 5.82 Å². The number of aliphatic hydroxyl groups excluding tert-OH is 1. The van der Waals surface area contributed by atoms with E-state index < -0.39 is 0 Å². The Labute approximate surface area is 91.5 Å². The molecule has 1 aromatic heterocycles. The summed E-state index contributed by atoms with van der Waals surface area (Å²) < 4.78 is 0. The number of pyridine rings is 1. The number of nitrogens with one attached hydrogen (secondary N) is 1. The second-order valence-corrected chi connectivity index (χ2v) is 4.86. The Morgan fingerprint density at radius 3 is 2.53 bits per heavy atom. The van der Waals surface area contributed by atoms with Crippen molar-refractivity contribution < 1.29 is 5.11 Å². The van der Waals surface area contributed by atoms with Crippen LogP contribution in [-0.4, -0.2) is 22.2 Å². The van der Waals surface area contributed by atoms with E-state index in [1.54, 1.807) is 0 Å². The molecule has 1 rings (SSSR count). The van der Waals surface area contributed by atoms with Gasteiger partial charge >= 0.3 is 0 Å². The normalized spacial score (nSPS) is 11.5. The van der Waals surface area contributed by atoms with Crippen molar-refractivity contribution in [1.29, 1.82) is 0 Å². The first-order chi connectivity index (χ1) is 6.92. The highest BCUT2D eigenvalue weighted by Gasteiger charge is 2.11. The van der Waals surface area contributed by atoms with Crippen molar-refractivity contribution in [3.8, 4) is 0 Å². The zero-order chi connectivity index (χ0) is 11.5. The fraction of sp³-hybridized carbons (Fsp3) is 0.583. The van der Waals surface area contributed by atoms with Crippen molar-refractivity contribution in [2.24, 2.45) is 0 Å². The maximum Gasteiger partial charge on any atom is 0.129 e. The zero-order valence-electron chi connectivity index (χ0n) is 9.96. The minimum absolute atomic E-state index is 0.0241. The molecule has 0 aromatic carbocycles. The number of aliphatic hydroxyl groups is 1. The topological polar surface area (TPSA) is 45.2 Å². The molecule has 1 heterocycles. The van der Waals surface area contributed by atoms with E-state index in [1.807, 2.05) is 13.1 Å². The molecule has 15 heavy (non-hydrogen) atoms. The van der Waals surface area contributed by atoms with Crippen LogP contribution < -0.4 is 5.32 Å². The van der Waals surface area contributed by atoms with Gasteiger partial charge in [0, 0.05) is 18.3 Å². The van der Waals surface area contributed by atoms with Gasteiger partial charge in [0.05, 0.1) is 0 Å². The highest BCUT2D eigenvalue weighted by atomic mass is 16.2. The lowest BCUT2D eigenvalue weighted by Gasteiger charge is -2.22. The molecular formula is C12H20N2O. The highest BCUT2D eigenvalue weighted by molar-refractivity contribution is 5.46. The Bertz CT molecular complexity index is 329. The van der Waals surface area contributed by atoms with Gasteiger partial charge in [-0.3, -0.25) is 0 Å². The molecule has 0 saturated heterocycles. The molecule has 0 fully saturated rings. The van der Waals surface area contributed by atoms with Crippen LogP contribution in [0.25, 0.3) is 0 Å². The number of nitrogens with zero attached hydrogens (tertiary/aromatic N) is 1. The molecule has 0 bridgehead atoms. The molecule has 0 amide bonds. The minimum atomic E-state index is 0.0241. The van der Waals surface area contributed by atoms with Crippen LogP contribution in [0.4, 0.5) is 5.82 Å². The number of hydrogen-bond acceptors (Lipinski definition) is 3. The molecule has 0 aliphatic heterocycles. The van der Waals surface area contributed by atoms with E-state index in [9.17, 15) is 0 Å². The summed E-state index contributed by atoms with van der Waals surface area (Å²) in [6.07, 6.45) is 2.49. The van der Waals surface area contributed by atoms with Crippen molar-refractivity contribution in [2.75, 3.05) is 11.9 Å². The summed E-state index contributed by atoms with van der Waals surface area (Å²) >= 11 is 0. The van der Waals surface area contributed by atoms with Crippen molar-refractivity contribution in [3.05, 3.63) is 23.4 Å². The summed E-state index contributed by atoms with van der Waals surface area (Å²) in [5, 5.41) is 12.2. The van der Waals surface area contributed by atoms with Crippen LogP contribution >= 0.6 is 0 Å². The quantitative estimate of drug-likeness (QED) is 0.800. The van der Waals surface area contributed by atoms with E-state index in [4.69, 9.17) is 5.11 Å². The Morgan fingerprint density at radius 1 is 1.40 bits per heavy atom. The van der Waals surface area contributed by atoms with Crippen LogP contribution in [0.1, 0.15) is 31.9 Å². The maximum atomic E-state index is 8.82. The molecule has 0 saturated carbocycles. The van der Waals surface area contributed by atoms with Crippen molar-refractivity contribution in [3.63, 3.8) is 0 Å². The largest absolute Gasteiger partial charge is 0.396 e. The van der Waals surface area contributed by atoms with Crippen molar-refractivity contribution in [1.82, 2.24) is 4.98 Å². The minimum Gasteiger partial charge on any atom is -0.396 e. The summed E-state index contributed by atoms with van der Waals surface area (Å²) in [5.41, 5.74) is 2.22. The monoisotopic (exact) mass is 208 g/mol. The molecule has 84 valence electrons. The smallest absolute Gasteiger partial charge is 0.129 e. The second-order valence-electron chi connectivity index (χ2n) is 4.86. The third kappa shape index (κ3) is 3.88. The molecule has 3 nitrogen and oxygen atoms in total.